The second kappa shape index (κ2) is 7.86. The summed E-state index contributed by atoms with van der Waals surface area (Å²) < 4.78 is 45.7. The SMILES string of the molecule is CCO[Si](OCC)(OCC)OS(=O)(=O)c1ccccc1. The first kappa shape index (κ1) is 17.3. The zero-order chi connectivity index (χ0) is 15.1. The van der Waals surface area contributed by atoms with E-state index in [0.717, 1.165) is 0 Å². The van der Waals surface area contributed by atoms with E-state index in [4.69, 9.17) is 17.2 Å². The first-order chi connectivity index (χ1) is 9.49. The third-order valence-corrected chi connectivity index (χ3v) is 6.68. The molecule has 0 atom stereocenters. The van der Waals surface area contributed by atoms with Crippen LogP contribution in [0.3, 0.4) is 0 Å². The summed E-state index contributed by atoms with van der Waals surface area (Å²) in [5, 5.41) is 0. The number of benzene rings is 1. The Labute approximate surface area is 121 Å². The van der Waals surface area contributed by atoms with Crippen LogP contribution in [0.5, 0.6) is 0 Å². The minimum Gasteiger partial charge on any atom is -0.351 e. The van der Waals surface area contributed by atoms with Gasteiger partial charge in [-0.15, -0.1) is 0 Å². The van der Waals surface area contributed by atoms with E-state index >= 15 is 0 Å². The van der Waals surface area contributed by atoms with E-state index < -0.39 is 19.2 Å². The Morgan fingerprint density at radius 2 is 1.35 bits per heavy atom. The molecule has 0 radical (unpaired) electrons. The molecule has 0 saturated carbocycles. The molecule has 0 N–H and O–H groups in total. The second-order valence-electron chi connectivity index (χ2n) is 3.65. The lowest BCUT2D eigenvalue weighted by Gasteiger charge is -2.26. The molecular weight excluding hydrogens is 300 g/mol. The van der Waals surface area contributed by atoms with Crippen molar-refractivity contribution in [3.05, 3.63) is 30.3 Å². The van der Waals surface area contributed by atoms with Crippen molar-refractivity contribution in [2.75, 3.05) is 19.8 Å². The van der Waals surface area contributed by atoms with E-state index in [9.17, 15) is 8.42 Å². The Balaban J connectivity index is 3.04. The van der Waals surface area contributed by atoms with Crippen molar-refractivity contribution in [2.45, 2.75) is 25.7 Å². The van der Waals surface area contributed by atoms with Gasteiger partial charge in [0.05, 0.1) is 4.90 Å². The van der Waals surface area contributed by atoms with Gasteiger partial charge < -0.3 is 13.3 Å². The number of hydrogen-bond donors (Lipinski definition) is 0. The van der Waals surface area contributed by atoms with Crippen LogP contribution in [0, 0.1) is 0 Å². The van der Waals surface area contributed by atoms with Crippen LogP contribution >= 0.6 is 0 Å². The molecule has 8 heteroatoms. The summed E-state index contributed by atoms with van der Waals surface area (Å²) in [6, 6.07) is 7.83. The lowest BCUT2D eigenvalue weighted by atomic mass is 10.4. The van der Waals surface area contributed by atoms with Crippen molar-refractivity contribution < 1.29 is 25.6 Å². The Morgan fingerprint density at radius 3 is 1.75 bits per heavy atom. The molecule has 0 amide bonds. The minimum atomic E-state index is -4.00. The smallest absolute Gasteiger partial charge is 0.351 e. The van der Waals surface area contributed by atoms with Crippen molar-refractivity contribution in [3.63, 3.8) is 0 Å². The van der Waals surface area contributed by atoms with E-state index in [2.05, 4.69) is 0 Å². The molecule has 6 nitrogen and oxygen atoms in total. The first-order valence-electron chi connectivity index (χ1n) is 6.42. The largest absolute Gasteiger partial charge is 0.694 e. The molecule has 114 valence electrons. The quantitative estimate of drug-likeness (QED) is 0.648. The van der Waals surface area contributed by atoms with Crippen molar-refractivity contribution >= 4 is 19.2 Å². The summed E-state index contributed by atoms with van der Waals surface area (Å²) in [7, 11) is -7.70. The summed E-state index contributed by atoms with van der Waals surface area (Å²) in [5.41, 5.74) is 0. The fraction of sp³-hybridized carbons (Fsp3) is 0.500. The topological polar surface area (TPSA) is 71.1 Å². The zero-order valence-corrected chi connectivity index (χ0v) is 13.7. The standard InChI is InChI=1S/C12H20O6SSi/c1-4-15-20(16-5-2,17-6-3)18-19(13,14)12-10-8-7-9-11-12/h7-11H,4-6H2,1-3H3. The predicted octanol–water partition coefficient (Wildman–Crippen LogP) is 1.94. The van der Waals surface area contributed by atoms with Crippen LogP contribution in [-0.2, 0) is 27.3 Å². The highest BCUT2D eigenvalue weighted by molar-refractivity contribution is 7.87. The predicted molar refractivity (Wildman–Crippen MR) is 75.3 cm³/mol. The van der Waals surface area contributed by atoms with Crippen LogP contribution in [-0.4, -0.2) is 37.3 Å². The van der Waals surface area contributed by atoms with Gasteiger partial charge in [0.2, 0.25) is 0 Å². The van der Waals surface area contributed by atoms with Gasteiger partial charge in [0.1, 0.15) is 0 Å². The Morgan fingerprint density at radius 1 is 0.900 bits per heavy atom. The fourth-order valence-corrected chi connectivity index (χ4v) is 5.34. The summed E-state index contributed by atoms with van der Waals surface area (Å²) in [4.78, 5) is 0.0379. The monoisotopic (exact) mass is 320 g/mol. The Hall–Kier alpha value is -0.773. The number of hydrogen-bond acceptors (Lipinski definition) is 6. The van der Waals surface area contributed by atoms with E-state index in [0.29, 0.717) is 0 Å². The van der Waals surface area contributed by atoms with Crippen LogP contribution in [0.1, 0.15) is 20.8 Å². The van der Waals surface area contributed by atoms with Gasteiger partial charge in [-0.05, 0) is 32.9 Å². The van der Waals surface area contributed by atoms with E-state index in [-0.39, 0.29) is 24.7 Å². The van der Waals surface area contributed by atoms with Gasteiger partial charge in [0.25, 0.3) is 10.1 Å². The molecule has 1 aromatic rings. The maximum atomic E-state index is 12.2. The molecular formula is C12H20O6SSi. The molecule has 0 aliphatic rings. The van der Waals surface area contributed by atoms with Crippen LogP contribution < -0.4 is 0 Å². The molecule has 0 unspecified atom stereocenters. The van der Waals surface area contributed by atoms with Gasteiger partial charge in [-0.1, -0.05) is 18.2 Å². The van der Waals surface area contributed by atoms with Crippen molar-refractivity contribution in [1.29, 1.82) is 0 Å². The lowest BCUT2D eigenvalue weighted by Crippen LogP contribution is -2.50. The van der Waals surface area contributed by atoms with Crippen molar-refractivity contribution in [1.82, 2.24) is 0 Å². The van der Waals surface area contributed by atoms with Gasteiger partial charge in [-0.3, -0.25) is 0 Å². The summed E-state index contributed by atoms with van der Waals surface area (Å²) >= 11 is 0. The van der Waals surface area contributed by atoms with Gasteiger partial charge in [0.15, 0.2) is 0 Å². The van der Waals surface area contributed by atoms with E-state index in [1.54, 1.807) is 39.0 Å². The molecule has 0 fully saturated rings. The highest BCUT2D eigenvalue weighted by Crippen LogP contribution is 2.20. The van der Waals surface area contributed by atoms with Gasteiger partial charge in [0, 0.05) is 19.8 Å². The highest BCUT2D eigenvalue weighted by Gasteiger charge is 2.50. The molecule has 20 heavy (non-hydrogen) atoms. The normalized spacial score (nSPS) is 12.6. The third-order valence-electron chi connectivity index (χ3n) is 2.21. The maximum absolute atomic E-state index is 12.2. The molecule has 1 rings (SSSR count). The molecule has 0 heterocycles. The molecule has 0 bridgehead atoms. The molecule has 1 aromatic carbocycles. The first-order valence-corrected chi connectivity index (χ1v) is 9.46. The molecule has 0 aliphatic carbocycles. The third kappa shape index (κ3) is 4.65. The van der Waals surface area contributed by atoms with Crippen LogP contribution in [0.2, 0.25) is 0 Å². The maximum Gasteiger partial charge on any atom is 0.694 e. The fourth-order valence-electron chi connectivity index (χ4n) is 1.50. The van der Waals surface area contributed by atoms with E-state index in [1.807, 2.05) is 0 Å². The number of rotatable bonds is 9. The Bertz CT molecular complexity index is 473. The second-order valence-corrected chi connectivity index (χ2v) is 7.56. The average molecular weight is 320 g/mol. The highest BCUT2D eigenvalue weighted by atomic mass is 32.2. The molecule has 0 aliphatic heterocycles. The summed E-state index contributed by atoms with van der Waals surface area (Å²) in [5.74, 6) is 0. The van der Waals surface area contributed by atoms with Gasteiger partial charge in [-0.2, -0.15) is 8.42 Å². The molecule has 0 spiro atoms. The average Bonchev–Trinajstić information content (AvgIpc) is 2.40. The van der Waals surface area contributed by atoms with Gasteiger partial charge in [-0.25, -0.2) is 3.87 Å². The van der Waals surface area contributed by atoms with Crippen LogP contribution in [0.4, 0.5) is 0 Å². The summed E-state index contributed by atoms with van der Waals surface area (Å²) in [6.45, 7) is 5.86. The van der Waals surface area contributed by atoms with E-state index in [1.165, 1.54) is 12.1 Å². The molecule has 0 aromatic heterocycles. The summed E-state index contributed by atoms with van der Waals surface area (Å²) in [6.07, 6.45) is 0. The van der Waals surface area contributed by atoms with Crippen LogP contribution in [0.15, 0.2) is 35.2 Å². The lowest BCUT2D eigenvalue weighted by molar-refractivity contribution is 0.0119. The van der Waals surface area contributed by atoms with Gasteiger partial charge >= 0.3 is 9.05 Å². The van der Waals surface area contributed by atoms with Crippen molar-refractivity contribution in [2.24, 2.45) is 0 Å². The van der Waals surface area contributed by atoms with Crippen molar-refractivity contribution in [3.8, 4) is 0 Å². The Kier molecular flexibility index (Phi) is 6.79. The molecule has 0 saturated heterocycles. The zero-order valence-electron chi connectivity index (χ0n) is 11.9. The van der Waals surface area contributed by atoms with Crippen LogP contribution in [0.25, 0.3) is 0 Å². The minimum absolute atomic E-state index is 0.0379.